The number of hydrogen-bond acceptors (Lipinski definition) is 1. The molecular weight excluding hydrogens is 281 g/mol. The van der Waals surface area contributed by atoms with Crippen LogP contribution in [0.15, 0.2) is 46.9 Å². The fourth-order valence-corrected chi connectivity index (χ4v) is 2.20. The van der Waals surface area contributed by atoms with Gasteiger partial charge in [-0.3, -0.25) is 0 Å². The Balaban J connectivity index is 2.64. The van der Waals surface area contributed by atoms with Crippen molar-refractivity contribution in [2.45, 2.75) is 13.0 Å². The van der Waals surface area contributed by atoms with E-state index in [1.54, 1.807) is 12.1 Å². The van der Waals surface area contributed by atoms with Gasteiger partial charge in [0.1, 0.15) is 5.82 Å². The number of halogens is 2. The van der Waals surface area contributed by atoms with Crippen LogP contribution in [0.3, 0.4) is 0 Å². The van der Waals surface area contributed by atoms with E-state index in [0.29, 0.717) is 5.56 Å². The Morgan fingerprint density at radius 3 is 2.53 bits per heavy atom. The van der Waals surface area contributed by atoms with Gasteiger partial charge in [0, 0.05) is 16.1 Å². The van der Waals surface area contributed by atoms with E-state index in [9.17, 15) is 4.39 Å². The molecule has 0 radical (unpaired) electrons. The monoisotopic (exact) mass is 293 g/mol. The van der Waals surface area contributed by atoms with Crippen LogP contribution in [0.2, 0.25) is 0 Å². The molecule has 3 heteroatoms. The largest absolute Gasteiger partial charge is 0.324 e. The third kappa shape index (κ3) is 2.56. The smallest absolute Gasteiger partial charge is 0.131 e. The summed E-state index contributed by atoms with van der Waals surface area (Å²) >= 11 is 3.36. The number of benzene rings is 2. The minimum atomic E-state index is -0.235. The average molecular weight is 294 g/mol. The Labute approximate surface area is 109 Å². The number of hydrogen-bond donors (Lipinski definition) is 1. The lowest BCUT2D eigenvalue weighted by Crippen LogP contribution is -2.06. The summed E-state index contributed by atoms with van der Waals surface area (Å²) in [6.45, 7) is 1.90. The minimum Gasteiger partial charge on any atom is -0.324 e. The summed E-state index contributed by atoms with van der Waals surface area (Å²) in [4.78, 5) is 0. The molecule has 0 fully saturated rings. The fraction of sp³-hybridized carbons (Fsp3) is 0.143. The van der Waals surface area contributed by atoms with Gasteiger partial charge in [0.05, 0.1) is 0 Å². The van der Waals surface area contributed by atoms with E-state index in [4.69, 9.17) is 5.73 Å². The van der Waals surface area contributed by atoms with Crippen molar-refractivity contribution in [2.75, 3.05) is 0 Å². The maximum Gasteiger partial charge on any atom is 0.131 e. The lowest BCUT2D eigenvalue weighted by atomic mass is 9.96. The van der Waals surface area contributed by atoms with Gasteiger partial charge in [0.2, 0.25) is 0 Å². The van der Waals surface area contributed by atoms with Crippen LogP contribution < -0.4 is 5.73 Å². The molecule has 0 heterocycles. The Morgan fingerprint density at radius 2 is 1.82 bits per heavy atom. The van der Waals surface area contributed by atoms with E-state index in [-0.39, 0.29) is 11.9 Å². The molecule has 0 aliphatic carbocycles. The van der Waals surface area contributed by atoms with Gasteiger partial charge >= 0.3 is 0 Å². The maximum absolute atomic E-state index is 13.8. The van der Waals surface area contributed by atoms with Gasteiger partial charge in [0.15, 0.2) is 0 Å². The van der Waals surface area contributed by atoms with Crippen molar-refractivity contribution in [3.8, 4) is 11.1 Å². The van der Waals surface area contributed by atoms with E-state index in [0.717, 1.165) is 15.6 Å². The van der Waals surface area contributed by atoms with E-state index < -0.39 is 0 Å². The molecule has 0 aromatic heterocycles. The zero-order valence-electron chi connectivity index (χ0n) is 9.45. The Hall–Kier alpha value is -1.19. The second-order valence-corrected chi connectivity index (χ2v) is 4.92. The molecule has 2 rings (SSSR count). The zero-order chi connectivity index (χ0) is 12.4. The first-order chi connectivity index (χ1) is 8.09. The van der Waals surface area contributed by atoms with Crippen LogP contribution >= 0.6 is 15.9 Å². The number of rotatable bonds is 2. The quantitative estimate of drug-likeness (QED) is 0.879. The molecule has 2 N–H and O–H groups in total. The van der Waals surface area contributed by atoms with Crippen LogP contribution in [-0.2, 0) is 0 Å². The molecule has 0 bridgehead atoms. The molecule has 2 aromatic carbocycles. The standard InChI is InChI=1S/C14H13BrFN/c1-9(17)11-4-2-3-5-12(11)13-8-10(15)6-7-14(13)16/h2-9H,17H2,1H3. The van der Waals surface area contributed by atoms with Crippen molar-refractivity contribution in [3.63, 3.8) is 0 Å². The zero-order valence-corrected chi connectivity index (χ0v) is 11.0. The summed E-state index contributed by atoms with van der Waals surface area (Å²) in [6.07, 6.45) is 0. The normalized spacial score (nSPS) is 12.5. The van der Waals surface area contributed by atoms with Gasteiger partial charge in [-0.05, 0) is 36.2 Å². The molecule has 0 aliphatic rings. The SMILES string of the molecule is CC(N)c1ccccc1-c1cc(Br)ccc1F. The van der Waals surface area contributed by atoms with Crippen molar-refractivity contribution in [1.82, 2.24) is 0 Å². The van der Waals surface area contributed by atoms with Crippen molar-refractivity contribution < 1.29 is 4.39 Å². The highest BCUT2D eigenvalue weighted by molar-refractivity contribution is 9.10. The molecule has 1 atom stereocenters. The fourth-order valence-electron chi connectivity index (χ4n) is 1.84. The van der Waals surface area contributed by atoms with Crippen LogP contribution in [0, 0.1) is 5.82 Å². The summed E-state index contributed by atoms with van der Waals surface area (Å²) in [5.74, 6) is -0.235. The highest BCUT2D eigenvalue weighted by Crippen LogP contribution is 2.31. The van der Waals surface area contributed by atoms with E-state index in [2.05, 4.69) is 15.9 Å². The summed E-state index contributed by atoms with van der Waals surface area (Å²) in [7, 11) is 0. The molecule has 0 saturated carbocycles. The Morgan fingerprint density at radius 1 is 1.12 bits per heavy atom. The van der Waals surface area contributed by atoms with Crippen LogP contribution in [0.5, 0.6) is 0 Å². The highest BCUT2D eigenvalue weighted by Gasteiger charge is 2.12. The van der Waals surface area contributed by atoms with Crippen molar-refractivity contribution in [3.05, 3.63) is 58.3 Å². The molecule has 0 aliphatic heterocycles. The highest BCUT2D eigenvalue weighted by atomic mass is 79.9. The van der Waals surface area contributed by atoms with Gasteiger partial charge < -0.3 is 5.73 Å². The summed E-state index contributed by atoms with van der Waals surface area (Å²) in [5, 5.41) is 0. The first-order valence-electron chi connectivity index (χ1n) is 5.39. The molecule has 0 amide bonds. The maximum atomic E-state index is 13.8. The molecule has 0 saturated heterocycles. The van der Waals surface area contributed by atoms with Crippen LogP contribution in [0.1, 0.15) is 18.5 Å². The second kappa shape index (κ2) is 4.98. The Kier molecular flexibility index (Phi) is 3.60. The third-order valence-corrected chi connectivity index (χ3v) is 3.16. The third-order valence-electron chi connectivity index (χ3n) is 2.67. The van der Waals surface area contributed by atoms with Gasteiger partial charge in [-0.1, -0.05) is 40.2 Å². The van der Waals surface area contributed by atoms with Crippen LogP contribution in [0.4, 0.5) is 4.39 Å². The van der Waals surface area contributed by atoms with Crippen molar-refractivity contribution in [2.24, 2.45) is 5.73 Å². The van der Waals surface area contributed by atoms with Gasteiger partial charge in [-0.15, -0.1) is 0 Å². The van der Waals surface area contributed by atoms with E-state index in [1.165, 1.54) is 6.07 Å². The van der Waals surface area contributed by atoms with E-state index >= 15 is 0 Å². The summed E-state index contributed by atoms with van der Waals surface area (Å²) in [6, 6.07) is 12.4. The average Bonchev–Trinajstić information content (AvgIpc) is 2.32. The van der Waals surface area contributed by atoms with Crippen molar-refractivity contribution in [1.29, 1.82) is 0 Å². The first-order valence-corrected chi connectivity index (χ1v) is 6.19. The lowest BCUT2D eigenvalue weighted by Gasteiger charge is -2.13. The molecule has 17 heavy (non-hydrogen) atoms. The predicted octanol–water partition coefficient (Wildman–Crippen LogP) is 4.27. The second-order valence-electron chi connectivity index (χ2n) is 4.00. The summed E-state index contributed by atoms with van der Waals surface area (Å²) < 4.78 is 14.7. The number of nitrogens with two attached hydrogens (primary N) is 1. The molecule has 1 unspecified atom stereocenters. The van der Waals surface area contributed by atoms with Gasteiger partial charge in [-0.25, -0.2) is 4.39 Å². The molecule has 2 aromatic rings. The van der Waals surface area contributed by atoms with E-state index in [1.807, 2.05) is 31.2 Å². The van der Waals surface area contributed by atoms with Crippen LogP contribution in [-0.4, -0.2) is 0 Å². The molecule has 1 nitrogen and oxygen atoms in total. The minimum absolute atomic E-state index is 0.121. The lowest BCUT2D eigenvalue weighted by molar-refractivity contribution is 0.630. The van der Waals surface area contributed by atoms with Crippen molar-refractivity contribution >= 4 is 15.9 Å². The van der Waals surface area contributed by atoms with Gasteiger partial charge in [-0.2, -0.15) is 0 Å². The van der Waals surface area contributed by atoms with Gasteiger partial charge in [0.25, 0.3) is 0 Å². The molecule has 88 valence electrons. The predicted molar refractivity (Wildman–Crippen MR) is 72.1 cm³/mol. The van der Waals surface area contributed by atoms with Crippen LogP contribution in [0.25, 0.3) is 11.1 Å². The topological polar surface area (TPSA) is 26.0 Å². The Bertz CT molecular complexity index is 537. The molecular formula is C14H13BrFN. The molecule has 0 spiro atoms. The summed E-state index contributed by atoms with van der Waals surface area (Å²) in [5.41, 5.74) is 8.28. The first kappa shape index (κ1) is 12.3.